The molecule has 0 N–H and O–H groups in total. The molecule has 0 spiro atoms. The highest BCUT2D eigenvalue weighted by Gasteiger charge is 2.31. The molecule has 0 aliphatic rings. The van der Waals surface area contributed by atoms with Crippen molar-refractivity contribution in [3.63, 3.8) is 0 Å². The zero-order valence-electron chi connectivity index (χ0n) is 6.39. The summed E-state index contributed by atoms with van der Waals surface area (Å²) in [5.74, 6) is -1.13. The van der Waals surface area contributed by atoms with Crippen molar-refractivity contribution in [2.24, 2.45) is 0 Å². The third kappa shape index (κ3) is 3.18. The van der Waals surface area contributed by atoms with Gasteiger partial charge in [0, 0.05) is 6.92 Å². The van der Waals surface area contributed by atoms with Crippen LogP contribution in [0.2, 0.25) is 0 Å². The van der Waals surface area contributed by atoms with Crippen molar-refractivity contribution in [3.8, 4) is 0 Å². The highest BCUT2D eigenvalue weighted by molar-refractivity contribution is 6.35. The summed E-state index contributed by atoms with van der Waals surface area (Å²) in [5, 5.41) is -1.60. The summed E-state index contributed by atoms with van der Waals surface area (Å²) in [6.45, 7) is 5.68. The Morgan fingerprint density at radius 1 is 1.64 bits per heavy atom. The Bertz CT molecular complexity index is 196. The predicted octanol–water partition coefficient (Wildman–Crippen LogP) is 1.26. The molecule has 62 valence electrons. The van der Waals surface area contributed by atoms with E-state index in [2.05, 4.69) is 11.3 Å². The first-order chi connectivity index (χ1) is 4.90. The fourth-order valence-electron chi connectivity index (χ4n) is 0.503. The quantitative estimate of drug-likeness (QED) is 0.369. The van der Waals surface area contributed by atoms with Gasteiger partial charge in [-0.25, -0.2) is 0 Å². The van der Waals surface area contributed by atoms with Gasteiger partial charge in [-0.1, -0.05) is 18.2 Å². The lowest BCUT2D eigenvalue weighted by Crippen LogP contribution is -2.32. The second kappa shape index (κ2) is 3.53. The van der Waals surface area contributed by atoms with Gasteiger partial charge in [-0.05, 0) is 13.0 Å². The maximum absolute atomic E-state index is 10.8. The van der Waals surface area contributed by atoms with E-state index in [1.165, 1.54) is 13.8 Å². The van der Waals surface area contributed by atoms with Crippen LogP contribution in [-0.2, 0) is 14.3 Å². The Morgan fingerprint density at radius 2 is 2.09 bits per heavy atom. The SMILES string of the molecule is C=CC(=O)C(C)(Cl)OC(C)=O. The molecule has 0 aliphatic carbocycles. The van der Waals surface area contributed by atoms with Crippen LogP contribution in [0.1, 0.15) is 13.8 Å². The normalized spacial score (nSPS) is 14.8. The van der Waals surface area contributed by atoms with Gasteiger partial charge in [0.15, 0.2) is 0 Å². The second-order valence-electron chi connectivity index (χ2n) is 2.08. The summed E-state index contributed by atoms with van der Waals surface area (Å²) in [6.07, 6.45) is 1.01. The first-order valence-electron chi connectivity index (χ1n) is 2.95. The van der Waals surface area contributed by atoms with Gasteiger partial charge in [0.1, 0.15) is 0 Å². The van der Waals surface area contributed by atoms with Gasteiger partial charge in [-0.15, -0.1) is 0 Å². The number of ether oxygens (including phenoxy) is 1. The fraction of sp³-hybridized carbons (Fsp3) is 0.429. The number of carbonyl (C=O) groups excluding carboxylic acids is 2. The van der Waals surface area contributed by atoms with Crippen LogP contribution < -0.4 is 0 Å². The van der Waals surface area contributed by atoms with Gasteiger partial charge < -0.3 is 4.74 Å². The number of hydrogen-bond donors (Lipinski definition) is 0. The van der Waals surface area contributed by atoms with E-state index < -0.39 is 16.8 Å². The minimum atomic E-state index is -1.60. The smallest absolute Gasteiger partial charge is 0.304 e. The van der Waals surface area contributed by atoms with E-state index >= 15 is 0 Å². The Hall–Kier alpha value is -0.830. The molecule has 0 aliphatic heterocycles. The predicted molar refractivity (Wildman–Crippen MR) is 41.2 cm³/mol. The van der Waals surface area contributed by atoms with Crippen LogP contribution in [0.5, 0.6) is 0 Å². The maximum atomic E-state index is 10.8. The van der Waals surface area contributed by atoms with Crippen LogP contribution in [0.4, 0.5) is 0 Å². The molecule has 0 saturated heterocycles. The molecule has 0 aromatic heterocycles. The third-order valence-corrected chi connectivity index (χ3v) is 1.22. The van der Waals surface area contributed by atoms with Crippen molar-refractivity contribution in [1.82, 2.24) is 0 Å². The summed E-state index contributed by atoms with van der Waals surface area (Å²) in [5.41, 5.74) is 0. The van der Waals surface area contributed by atoms with Crippen molar-refractivity contribution in [3.05, 3.63) is 12.7 Å². The van der Waals surface area contributed by atoms with Crippen molar-refractivity contribution in [2.45, 2.75) is 18.9 Å². The summed E-state index contributed by atoms with van der Waals surface area (Å²) in [6, 6.07) is 0. The molecule has 0 radical (unpaired) electrons. The lowest BCUT2D eigenvalue weighted by molar-refractivity contribution is -0.153. The summed E-state index contributed by atoms with van der Waals surface area (Å²) < 4.78 is 4.50. The third-order valence-electron chi connectivity index (χ3n) is 0.961. The monoisotopic (exact) mass is 176 g/mol. The number of halogens is 1. The number of ketones is 1. The zero-order valence-corrected chi connectivity index (χ0v) is 7.14. The van der Waals surface area contributed by atoms with Gasteiger partial charge in [-0.2, -0.15) is 0 Å². The number of hydrogen-bond acceptors (Lipinski definition) is 3. The molecule has 0 aromatic carbocycles. The van der Waals surface area contributed by atoms with E-state index in [0.717, 1.165) is 6.08 Å². The molecule has 0 fully saturated rings. The van der Waals surface area contributed by atoms with Gasteiger partial charge in [0.05, 0.1) is 0 Å². The molecule has 4 heteroatoms. The highest BCUT2D eigenvalue weighted by Crippen LogP contribution is 2.17. The fourth-order valence-corrected chi connectivity index (χ4v) is 0.688. The first-order valence-corrected chi connectivity index (χ1v) is 3.33. The first kappa shape index (κ1) is 10.2. The van der Waals surface area contributed by atoms with E-state index in [-0.39, 0.29) is 0 Å². The van der Waals surface area contributed by atoms with E-state index in [0.29, 0.717) is 0 Å². The summed E-state index contributed by atoms with van der Waals surface area (Å²) in [4.78, 5) is 21.2. The molecule has 0 heterocycles. The largest absolute Gasteiger partial charge is 0.436 e. The van der Waals surface area contributed by atoms with Crippen LogP contribution in [0.3, 0.4) is 0 Å². The molecule has 0 aromatic rings. The lowest BCUT2D eigenvalue weighted by Gasteiger charge is -2.17. The average molecular weight is 177 g/mol. The summed E-state index contributed by atoms with van der Waals surface area (Å²) in [7, 11) is 0. The van der Waals surface area contributed by atoms with Gasteiger partial charge in [0.25, 0.3) is 0 Å². The van der Waals surface area contributed by atoms with Gasteiger partial charge >= 0.3 is 5.97 Å². The van der Waals surface area contributed by atoms with Crippen molar-refractivity contribution < 1.29 is 14.3 Å². The Balaban J connectivity index is 4.32. The van der Waals surface area contributed by atoms with Crippen molar-refractivity contribution >= 4 is 23.4 Å². The van der Waals surface area contributed by atoms with Crippen LogP contribution >= 0.6 is 11.6 Å². The molecular weight excluding hydrogens is 168 g/mol. The minimum absolute atomic E-state index is 0.533. The molecule has 3 nitrogen and oxygen atoms in total. The minimum Gasteiger partial charge on any atom is -0.436 e. The number of rotatable bonds is 3. The van der Waals surface area contributed by atoms with E-state index in [1.807, 2.05) is 0 Å². The Morgan fingerprint density at radius 3 is 2.36 bits per heavy atom. The highest BCUT2D eigenvalue weighted by atomic mass is 35.5. The van der Waals surface area contributed by atoms with Crippen LogP contribution in [0, 0.1) is 0 Å². The average Bonchev–Trinajstić information content (AvgIpc) is 1.83. The topological polar surface area (TPSA) is 43.4 Å². The molecule has 1 unspecified atom stereocenters. The zero-order chi connectivity index (χ0) is 9.07. The Kier molecular flexibility index (Phi) is 3.26. The second-order valence-corrected chi connectivity index (χ2v) is 2.80. The molecule has 1 atom stereocenters. The molecule has 0 bridgehead atoms. The van der Waals surface area contributed by atoms with Crippen molar-refractivity contribution in [1.29, 1.82) is 0 Å². The van der Waals surface area contributed by atoms with Gasteiger partial charge in [0.2, 0.25) is 10.8 Å². The number of esters is 1. The number of alkyl halides is 1. The van der Waals surface area contributed by atoms with Gasteiger partial charge in [-0.3, -0.25) is 9.59 Å². The molecule has 0 rings (SSSR count). The Labute approximate surface area is 70.0 Å². The molecule has 0 amide bonds. The van der Waals surface area contributed by atoms with Crippen LogP contribution in [0.15, 0.2) is 12.7 Å². The standard InChI is InChI=1S/C7H9ClO3/c1-4-6(10)7(3,8)11-5(2)9/h4H,1H2,2-3H3. The summed E-state index contributed by atoms with van der Waals surface area (Å²) >= 11 is 5.52. The van der Waals surface area contributed by atoms with Crippen LogP contribution in [0.25, 0.3) is 0 Å². The van der Waals surface area contributed by atoms with E-state index in [9.17, 15) is 9.59 Å². The van der Waals surface area contributed by atoms with Crippen molar-refractivity contribution in [2.75, 3.05) is 0 Å². The van der Waals surface area contributed by atoms with E-state index in [4.69, 9.17) is 11.6 Å². The lowest BCUT2D eigenvalue weighted by atomic mass is 10.2. The number of carbonyl (C=O) groups is 2. The molecule has 0 saturated carbocycles. The maximum Gasteiger partial charge on any atom is 0.304 e. The molecule has 11 heavy (non-hydrogen) atoms. The molecular formula is C7H9ClO3. The van der Waals surface area contributed by atoms with E-state index in [1.54, 1.807) is 0 Å². The van der Waals surface area contributed by atoms with Crippen LogP contribution in [-0.4, -0.2) is 16.8 Å².